The molecule has 2 aromatic rings. The molecule has 2 rings (SSSR count). The van der Waals surface area contributed by atoms with Crippen LogP contribution in [0.25, 0.3) is 11.1 Å². The van der Waals surface area contributed by atoms with E-state index in [4.69, 9.17) is 5.73 Å². The molecular formula is C13H10FNO. The highest BCUT2D eigenvalue weighted by Crippen LogP contribution is 2.23. The van der Waals surface area contributed by atoms with Crippen LogP contribution in [0.2, 0.25) is 0 Å². The van der Waals surface area contributed by atoms with Crippen molar-refractivity contribution >= 4 is 5.91 Å². The van der Waals surface area contributed by atoms with Gasteiger partial charge in [-0.05, 0) is 29.3 Å². The summed E-state index contributed by atoms with van der Waals surface area (Å²) in [5.41, 5.74) is 6.95. The summed E-state index contributed by atoms with van der Waals surface area (Å²) in [4.78, 5) is 11.2. The van der Waals surface area contributed by atoms with Crippen molar-refractivity contribution in [3.05, 3.63) is 59.9 Å². The molecule has 0 spiro atoms. The van der Waals surface area contributed by atoms with Gasteiger partial charge in [-0.2, -0.15) is 0 Å². The Morgan fingerprint density at radius 1 is 1.06 bits per heavy atom. The number of hydrogen-bond donors (Lipinski definition) is 1. The summed E-state index contributed by atoms with van der Waals surface area (Å²) in [6.07, 6.45) is 0. The van der Waals surface area contributed by atoms with Crippen molar-refractivity contribution in [2.45, 2.75) is 0 Å². The van der Waals surface area contributed by atoms with Gasteiger partial charge in [0.25, 0.3) is 0 Å². The Kier molecular flexibility index (Phi) is 2.68. The zero-order valence-corrected chi connectivity index (χ0v) is 8.48. The molecule has 2 N–H and O–H groups in total. The van der Waals surface area contributed by atoms with Crippen LogP contribution < -0.4 is 5.73 Å². The molecule has 2 nitrogen and oxygen atoms in total. The number of primary amides is 1. The Hall–Kier alpha value is -2.16. The molecule has 0 unspecified atom stereocenters. The first-order valence-corrected chi connectivity index (χ1v) is 4.83. The van der Waals surface area contributed by atoms with Crippen molar-refractivity contribution in [1.29, 1.82) is 0 Å². The number of nitrogens with two attached hydrogens (primary N) is 1. The molecule has 0 saturated heterocycles. The Balaban J connectivity index is 2.60. The maximum absolute atomic E-state index is 13.1. The molecule has 0 atom stereocenters. The molecule has 0 radical (unpaired) electrons. The molecule has 16 heavy (non-hydrogen) atoms. The number of carbonyl (C=O) groups is 1. The Bertz CT molecular complexity index is 537. The average molecular weight is 215 g/mol. The third-order valence-electron chi connectivity index (χ3n) is 2.33. The topological polar surface area (TPSA) is 43.1 Å². The van der Waals surface area contributed by atoms with Gasteiger partial charge in [-0.3, -0.25) is 4.79 Å². The summed E-state index contributed by atoms with van der Waals surface area (Å²) in [5, 5.41) is 0. The van der Waals surface area contributed by atoms with Crippen molar-refractivity contribution in [3.63, 3.8) is 0 Å². The highest BCUT2D eigenvalue weighted by Gasteiger charge is 2.09. The van der Waals surface area contributed by atoms with Gasteiger partial charge in [-0.25, -0.2) is 4.39 Å². The number of halogens is 1. The van der Waals surface area contributed by atoms with Crippen molar-refractivity contribution in [1.82, 2.24) is 0 Å². The Morgan fingerprint density at radius 3 is 2.50 bits per heavy atom. The lowest BCUT2D eigenvalue weighted by atomic mass is 9.99. The van der Waals surface area contributed by atoms with Gasteiger partial charge in [0, 0.05) is 5.56 Å². The zero-order valence-electron chi connectivity index (χ0n) is 8.48. The van der Waals surface area contributed by atoms with Crippen LogP contribution in [0, 0.1) is 5.82 Å². The monoisotopic (exact) mass is 215 g/mol. The van der Waals surface area contributed by atoms with E-state index in [-0.39, 0.29) is 5.82 Å². The predicted molar refractivity (Wildman–Crippen MR) is 60.4 cm³/mol. The number of carbonyl (C=O) groups excluding carboxylic acids is 1. The van der Waals surface area contributed by atoms with Crippen molar-refractivity contribution < 1.29 is 9.18 Å². The van der Waals surface area contributed by atoms with Gasteiger partial charge in [-0.1, -0.05) is 30.3 Å². The third-order valence-corrected chi connectivity index (χ3v) is 2.33. The Labute approximate surface area is 92.5 Å². The van der Waals surface area contributed by atoms with E-state index in [0.717, 1.165) is 0 Å². The van der Waals surface area contributed by atoms with Gasteiger partial charge < -0.3 is 5.73 Å². The molecule has 0 bridgehead atoms. The van der Waals surface area contributed by atoms with Crippen LogP contribution in [-0.2, 0) is 0 Å². The van der Waals surface area contributed by atoms with E-state index < -0.39 is 5.91 Å². The van der Waals surface area contributed by atoms with Gasteiger partial charge in [-0.15, -0.1) is 0 Å². The smallest absolute Gasteiger partial charge is 0.249 e. The van der Waals surface area contributed by atoms with E-state index in [0.29, 0.717) is 16.7 Å². The van der Waals surface area contributed by atoms with Crippen LogP contribution in [0.3, 0.4) is 0 Å². The summed E-state index contributed by atoms with van der Waals surface area (Å²) in [7, 11) is 0. The maximum Gasteiger partial charge on any atom is 0.249 e. The third kappa shape index (κ3) is 1.93. The first-order valence-electron chi connectivity index (χ1n) is 4.83. The molecule has 0 heterocycles. The Morgan fingerprint density at radius 2 is 1.81 bits per heavy atom. The number of amides is 1. The molecule has 1 amide bonds. The second-order valence-electron chi connectivity index (χ2n) is 3.42. The van der Waals surface area contributed by atoms with E-state index in [1.165, 1.54) is 12.1 Å². The standard InChI is InChI=1S/C13H10FNO/c14-10-5-3-4-9(8-10)11-6-1-2-7-12(11)13(15)16/h1-8H,(H2,15,16). The van der Waals surface area contributed by atoms with Gasteiger partial charge in [0.15, 0.2) is 0 Å². The minimum atomic E-state index is -0.514. The zero-order chi connectivity index (χ0) is 11.5. The largest absolute Gasteiger partial charge is 0.366 e. The SMILES string of the molecule is NC(=O)c1ccccc1-c1cccc(F)c1. The number of hydrogen-bond acceptors (Lipinski definition) is 1. The first-order chi connectivity index (χ1) is 7.68. The number of rotatable bonds is 2. The lowest BCUT2D eigenvalue weighted by Gasteiger charge is -2.06. The molecule has 3 heteroatoms. The van der Waals surface area contributed by atoms with Gasteiger partial charge in [0.05, 0.1) is 0 Å². The van der Waals surface area contributed by atoms with E-state index in [1.54, 1.807) is 36.4 Å². The molecule has 0 saturated carbocycles. The molecule has 0 aliphatic heterocycles. The first kappa shape index (κ1) is 10.4. The van der Waals surface area contributed by atoms with Crippen LogP contribution in [0.5, 0.6) is 0 Å². The summed E-state index contributed by atoms with van der Waals surface area (Å²) < 4.78 is 13.1. The minimum absolute atomic E-state index is 0.336. The van der Waals surface area contributed by atoms with E-state index >= 15 is 0 Å². The summed E-state index contributed by atoms with van der Waals surface area (Å²) in [6.45, 7) is 0. The van der Waals surface area contributed by atoms with Crippen LogP contribution >= 0.6 is 0 Å². The molecule has 0 aromatic heterocycles. The predicted octanol–water partition coefficient (Wildman–Crippen LogP) is 2.59. The number of benzene rings is 2. The van der Waals surface area contributed by atoms with Crippen molar-refractivity contribution in [2.75, 3.05) is 0 Å². The van der Waals surface area contributed by atoms with Crippen LogP contribution in [0.1, 0.15) is 10.4 Å². The van der Waals surface area contributed by atoms with E-state index in [2.05, 4.69) is 0 Å². The summed E-state index contributed by atoms with van der Waals surface area (Å²) in [6, 6.07) is 13.0. The van der Waals surface area contributed by atoms with Crippen molar-refractivity contribution in [2.24, 2.45) is 5.73 Å². The highest BCUT2D eigenvalue weighted by molar-refractivity contribution is 5.99. The van der Waals surface area contributed by atoms with Gasteiger partial charge in [0.2, 0.25) is 5.91 Å². The molecule has 0 aliphatic carbocycles. The van der Waals surface area contributed by atoms with E-state index in [1.807, 2.05) is 0 Å². The fourth-order valence-electron chi connectivity index (χ4n) is 1.61. The average Bonchev–Trinajstić information content (AvgIpc) is 2.29. The fraction of sp³-hybridized carbons (Fsp3) is 0. The van der Waals surface area contributed by atoms with Gasteiger partial charge >= 0.3 is 0 Å². The molecular weight excluding hydrogens is 205 g/mol. The minimum Gasteiger partial charge on any atom is -0.366 e. The molecule has 0 fully saturated rings. The van der Waals surface area contributed by atoms with Crippen molar-refractivity contribution in [3.8, 4) is 11.1 Å². The highest BCUT2D eigenvalue weighted by atomic mass is 19.1. The van der Waals surface area contributed by atoms with E-state index in [9.17, 15) is 9.18 Å². The van der Waals surface area contributed by atoms with Crippen LogP contribution in [-0.4, -0.2) is 5.91 Å². The molecule has 80 valence electrons. The van der Waals surface area contributed by atoms with Crippen LogP contribution in [0.15, 0.2) is 48.5 Å². The lowest BCUT2D eigenvalue weighted by Crippen LogP contribution is -2.12. The molecule has 0 aliphatic rings. The summed E-state index contributed by atoms with van der Waals surface area (Å²) in [5.74, 6) is -0.850. The quantitative estimate of drug-likeness (QED) is 0.822. The summed E-state index contributed by atoms with van der Waals surface area (Å²) >= 11 is 0. The fourth-order valence-corrected chi connectivity index (χ4v) is 1.61. The maximum atomic E-state index is 13.1. The molecule has 2 aromatic carbocycles. The van der Waals surface area contributed by atoms with Gasteiger partial charge in [0.1, 0.15) is 5.82 Å². The second-order valence-corrected chi connectivity index (χ2v) is 3.42. The second kappa shape index (κ2) is 4.14. The van der Waals surface area contributed by atoms with Crippen LogP contribution in [0.4, 0.5) is 4.39 Å². The normalized spacial score (nSPS) is 10.1. The lowest BCUT2D eigenvalue weighted by molar-refractivity contribution is 0.100.